The van der Waals surface area contributed by atoms with E-state index in [4.69, 9.17) is 16.6 Å². The molecule has 0 aliphatic carbocycles. The number of urea groups is 1. The number of halogens is 1. The molecule has 3 aromatic rings. The van der Waals surface area contributed by atoms with E-state index in [1.165, 1.54) is 0 Å². The molecule has 0 atom stereocenters. The van der Waals surface area contributed by atoms with Crippen molar-refractivity contribution in [3.8, 4) is 0 Å². The third-order valence-corrected chi connectivity index (χ3v) is 5.44. The molecule has 6 nitrogen and oxygen atoms in total. The lowest BCUT2D eigenvalue weighted by Crippen LogP contribution is -2.50. The standard InChI is InChI=1S/C20H22ClN5O/c1-14-7-8-15(13-16(14)21)22-20(27)26-11-9-25(10-12-26)19-23-17-5-3-4-6-18(17)24(19)2/h3-8,13H,9-12H2,1-2H3,(H,22,27). The van der Waals surface area contributed by atoms with Gasteiger partial charge in [0.05, 0.1) is 11.0 Å². The van der Waals surface area contributed by atoms with E-state index in [1.807, 2.05) is 49.2 Å². The van der Waals surface area contributed by atoms with Crippen LogP contribution in [0.15, 0.2) is 42.5 Å². The number of nitrogens with one attached hydrogen (secondary N) is 1. The van der Waals surface area contributed by atoms with Gasteiger partial charge < -0.3 is 19.7 Å². The Kier molecular flexibility index (Phi) is 4.66. The highest BCUT2D eigenvalue weighted by Crippen LogP contribution is 2.23. The van der Waals surface area contributed by atoms with Crippen LogP contribution in [0, 0.1) is 6.92 Å². The number of amides is 2. The van der Waals surface area contributed by atoms with Crippen molar-refractivity contribution in [2.45, 2.75) is 6.92 Å². The number of imidazole rings is 1. The molecule has 1 aromatic heterocycles. The van der Waals surface area contributed by atoms with Crippen LogP contribution >= 0.6 is 11.6 Å². The Morgan fingerprint density at radius 3 is 2.56 bits per heavy atom. The minimum atomic E-state index is -0.0976. The Labute approximate surface area is 163 Å². The first-order valence-electron chi connectivity index (χ1n) is 9.01. The Morgan fingerprint density at radius 2 is 1.85 bits per heavy atom. The molecular weight excluding hydrogens is 362 g/mol. The van der Waals surface area contributed by atoms with Gasteiger partial charge in [-0.2, -0.15) is 0 Å². The fraction of sp³-hybridized carbons (Fsp3) is 0.300. The number of nitrogens with zero attached hydrogens (tertiary/aromatic N) is 4. The maximum atomic E-state index is 12.5. The Hall–Kier alpha value is -2.73. The maximum absolute atomic E-state index is 12.5. The fourth-order valence-electron chi connectivity index (χ4n) is 3.40. The van der Waals surface area contributed by atoms with Gasteiger partial charge in [0.25, 0.3) is 0 Å². The van der Waals surface area contributed by atoms with Gasteiger partial charge in [-0.15, -0.1) is 0 Å². The van der Waals surface area contributed by atoms with Crippen molar-refractivity contribution in [3.05, 3.63) is 53.1 Å². The Morgan fingerprint density at radius 1 is 1.11 bits per heavy atom. The summed E-state index contributed by atoms with van der Waals surface area (Å²) in [5.41, 5.74) is 3.81. The number of hydrogen-bond acceptors (Lipinski definition) is 3. The summed E-state index contributed by atoms with van der Waals surface area (Å²) in [6, 6.07) is 13.6. The summed E-state index contributed by atoms with van der Waals surface area (Å²) in [5, 5.41) is 3.58. The minimum Gasteiger partial charge on any atom is -0.339 e. The summed E-state index contributed by atoms with van der Waals surface area (Å²) in [6.45, 7) is 4.73. The lowest BCUT2D eigenvalue weighted by molar-refractivity contribution is 0.208. The number of rotatable bonds is 2. The molecule has 0 radical (unpaired) electrons. The summed E-state index contributed by atoms with van der Waals surface area (Å²) in [7, 11) is 2.03. The number of hydrogen-bond donors (Lipinski definition) is 1. The third kappa shape index (κ3) is 3.45. The molecular formula is C20H22ClN5O. The van der Waals surface area contributed by atoms with Crippen LogP contribution in [0.2, 0.25) is 5.02 Å². The number of aryl methyl sites for hydroxylation is 2. The van der Waals surface area contributed by atoms with Crippen LogP contribution in [-0.2, 0) is 7.05 Å². The lowest BCUT2D eigenvalue weighted by atomic mass is 10.2. The van der Waals surface area contributed by atoms with Crippen LogP contribution in [-0.4, -0.2) is 46.7 Å². The number of fused-ring (bicyclic) bond motifs is 1. The highest BCUT2D eigenvalue weighted by Gasteiger charge is 2.24. The summed E-state index contributed by atoms with van der Waals surface area (Å²) in [6.07, 6.45) is 0. The van der Waals surface area contributed by atoms with E-state index in [9.17, 15) is 4.79 Å². The molecule has 0 bridgehead atoms. The number of carbonyl (C=O) groups excluding carboxylic acids is 1. The highest BCUT2D eigenvalue weighted by atomic mass is 35.5. The molecule has 1 N–H and O–H groups in total. The van der Waals surface area contributed by atoms with Gasteiger partial charge in [-0.25, -0.2) is 9.78 Å². The third-order valence-electron chi connectivity index (χ3n) is 5.04. The van der Waals surface area contributed by atoms with Gasteiger partial charge in [0.1, 0.15) is 0 Å². The molecule has 0 saturated carbocycles. The van der Waals surface area contributed by atoms with Crippen molar-refractivity contribution in [1.82, 2.24) is 14.5 Å². The van der Waals surface area contributed by atoms with Crippen LogP contribution < -0.4 is 10.2 Å². The summed E-state index contributed by atoms with van der Waals surface area (Å²) in [5.74, 6) is 0.946. The molecule has 2 amide bonds. The molecule has 4 rings (SSSR count). The van der Waals surface area contributed by atoms with E-state index >= 15 is 0 Å². The number of piperazine rings is 1. The molecule has 1 aliphatic rings. The summed E-state index contributed by atoms with van der Waals surface area (Å²) in [4.78, 5) is 21.3. The second kappa shape index (κ2) is 7.12. The largest absolute Gasteiger partial charge is 0.339 e. The van der Waals surface area contributed by atoms with Crippen molar-refractivity contribution < 1.29 is 4.79 Å². The first kappa shape index (κ1) is 17.7. The number of aromatic nitrogens is 2. The first-order chi connectivity index (χ1) is 13.0. The highest BCUT2D eigenvalue weighted by molar-refractivity contribution is 6.31. The molecule has 1 aliphatic heterocycles. The van der Waals surface area contributed by atoms with Crippen molar-refractivity contribution in [3.63, 3.8) is 0 Å². The monoisotopic (exact) mass is 383 g/mol. The topological polar surface area (TPSA) is 53.4 Å². The van der Waals surface area contributed by atoms with Crippen molar-refractivity contribution in [2.24, 2.45) is 7.05 Å². The van der Waals surface area contributed by atoms with Gasteiger partial charge in [-0.3, -0.25) is 0 Å². The second-order valence-electron chi connectivity index (χ2n) is 6.83. The first-order valence-corrected chi connectivity index (χ1v) is 9.39. The molecule has 1 saturated heterocycles. The number of carbonyl (C=O) groups is 1. The normalized spacial score (nSPS) is 14.6. The zero-order chi connectivity index (χ0) is 19.0. The molecule has 0 spiro atoms. The van der Waals surface area contributed by atoms with Crippen LogP contribution in [0.1, 0.15) is 5.56 Å². The lowest BCUT2D eigenvalue weighted by Gasteiger charge is -2.35. The fourth-order valence-corrected chi connectivity index (χ4v) is 3.58. The molecule has 27 heavy (non-hydrogen) atoms. The zero-order valence-corrected chi connectivity index (χ0v) is 16.2. The quantitative estimate of drug-likeness (QED) is 0.730. The summed E-state index contributed by atoms with van der Waals surface area (Å²) < 4.78 is 2.11. The number of benzene rings is 2. The SMILES string of the molecule is Cc1ccc(NC(=O)N2CCN(c3nc4ccccc4n3C)CC2)cc1Cl. The van der Waals surface area contributed by atoms with Gasteiger partial charge in [-0.05, 0) is 36.8 Å². The van der Waals surface area contributed by atoms with E-state index in [0.29, 0.717) is 23.8 Å². The molecule has 1 fully saturated rings. The molecule has 2 aromatic carbocycles. The molecule has 140 valence electrons. The van der Waals surface area contributed by atoms with Gasteiger partial charge in [0.2, 0.25) is 5.95 Å². The molecule has 7 heteroatoms. The number of para-hydroxylation sites is 2. The van der Waals surface area contributed by atoms with Crippen molar-refractivity contribution >= 4 is 40.3 Å². The number of anilines is 2. The molecule has 0 unspecified atom stereocenters. The maximum Gasteiger partial charge on any atom is 0.321 e. The van der Waals surface area contributed by atoms with E-state index < -0.39 is 0 Å². The average molecular weight is 384 g/mol. The zero-order valence-electron chi connectivity index (χ0n) is 15.4. The van der Waals surface area contributed by atoms with E-state index in [2.05, 4.69) is 20.9 Å². The van der Waals surface area contributed by atoms with E-state index in [-0.39, 0.29) is 6.03 Å². The van der Waals surface area contributed by atoms with Crippen LogP contribution in [0.3, 0.4) is 0 Å². The van der Waals surface area contributed by atoms with Crippen LogP contribution in [0.25, 0.3) is 11.0 Å². The minimum absolute atomic E-state index is 0.0976. The Bertz CT molecular complexity index is 991. The summed E-state index contributed by atoms with van der Waals surface area (Å²) >= 11 is 6.14. The Balaban J connectivity index is 1.41. The van der Waals surface area contributed by atoms with Crippen molar-refractivity contribution in [1.29, 1.82) is 0 Å². The van der Waals surface area contributed by atoms with Gasteiger partial charge in [0.15, 0.2) is 0 Å². The van der Waals surface area contributed by atoms with Crippen LogP contribution in [0.5, 0.6) is 0 Å². The predicted molar refractivity (Wildman–Crippen MR) is 110 cm³/mol. The van der Waals surface area contributed by atoms with Crippen molar-refractivity contribution in [2.75, 3.05) is 36.4 Å². The predicted octanol–water partition coefficient (Wildman–Crippen LogP) is 3.89. The molecule has 2 heterocycles. The smallest absolute Gasteiger partial charge is 0.321 e. The second-order valence-corrected chi connectivity index (χ2v) is 7.23. The van der Waals surface area contributed by atoms with Gasteiger partial charge >= 0.3 is 6.03 Å². The van der Waals surface area contributed by atoms with Gasteiger partial charge in [-0.1, -0.05) is 29.8 Å². The van der Waals surface area contributed by atoms with E-state index in [1.54, 1.807) is 6.07 Å². The average Bonchev–Trinajstić information content (AvgIpc) is 3.02. The van der Waals surface area contributed by atoms with Gasteiger partial charge in [0, 0.05) is 43.9 Å². The van der Waals surface area contributed by atoms with Crippen LogP contribution in [0.4, 0.5) is 16.4 Å². The van der Waals surface area contributed by atoms with E-state index in [0.717, 1.165) is 35.6 Å².